The van der Waals surface area contributed by atoms with Gasteiger partial charge in [-0.15, -0.1) is 0 Å². The minimum atomic E-state index is -0.116. The Kier molecular flexibility index (Phi) is 14.5. The summed E-state index contributed by atoms with van der Waals surface area (Å²) in [5.74, 6) is 0. The van der Waals surface area contributed by atoms with Gasteiger partial charge in [-0.2, -0.15) is 0 Å². The van der Waals surface area contributed by atoms with E-state index in [-0.39, 0.29) is 6.10 Å². The Hall–Kier alpha value is -0.300. The van der Waals surface area contributed by atoms with Gasteiger partial charge in [-0.25, -0.2) is 0 Å². The summed E-state index contributed by atoms with van der Waals surface area (Å²) in [6.45, 7) is 4.43. The third-order valence-corrected chi connectivity index (χ3v) is 3.44. The fraction of sp³-hybridized carbons (Fsp3) is 0.882. The molecule has 0 aliphatic carbocycles. The van der Waals surface area contributed by atoms with Gasteiger partial charge in [0, 0.05) is 0 Å². The summed E-state index contributed by atoms with van der Waals surface area (Å²) in [5.41, 5.74) is 0. The summed E-state index contributed by atoms with van der Waals surface area (Å²) in [4.78, 5) is 0. The monoisotopic (exact) mass is 254 g/mol. The Balaban J connectivity index is 3.17. The van der Waals surface area contributed by atoms with Crippen LogP contribution in [-0.4, -0.2) is 11.2 Å². The lowest BCUT2D eigenvalue weighted by atomic mass is 10.1. The van der Waals surface area contributed by atoms with Crippen molar-refractivity contribution in [1.29, 1.82) is 0 Å². The van der Waals surface area contributed by atoms with Gasteiger partial charge in [-0.3, -0.25) is 0 Å². The van der Waals surface area contributed by atoms with Crippen molar-refractivity contribution in [1.82, 2.24) is 0 Å². The molecule has 0 fully saturated rings. The molecule has 1 N–H and O–H groups in total. The Bertz CT molecular complexity index is 174. The zero-order valence-corrected chi connectivity index (χ0v) is 12.7. The number of rotatable bonds is 13. The van der Waals surface area contributed by atoms with Gasteiger partial charge in [-0.1, -0.05) is 77.4 Å². The molecule has 0 saturated carbocycles. The van der Waals surface area contributed by atoms with E-state index < -0.39 is 0 Å². The molecule has 1 unspecified atom stereocenters. The maximum atomic E-state index is 9.65. The van der Waals surface area contributed by atoms with Crippen molar-refractivity contribution in [3.8, 4) is 0 Å². The molecule has 0 spiro atoms. The molecule has 0 aromatic carbocycles. The first-order valence-corrected chi connectivity index (χ1v) is 8.14. The molecule has 108 valence electrons. The lowest BCUT2D eigenvalue weighted by molar-refractivity contribution is 0.164. The summed E-state index contributed by atoms with van der Waals surface area (Å²) in [6, 6.07) is 0. The molecule has 1 nitrogen and oxygen atoms in total. The molecule has 0 radical (unpaired) electrons. The van der Waals surface area contributed by atoms with Gasteiger partial charge in [0.2, 0.25) is 0 Å². The first kappa shape index (κ1) is 17.7. The summed E-state index contributed by atoms with van der Waals surface area (Å²) in [5, 5.41) is 9.65. The van der Waals surface area contributed by atoms with Gasteiger partial charge < -0.3 is 5.11 Å². The highest BCUT2D eigenvalue weighted by molar-refractivity contribution is 4.83. The van der Waals surface area contributed by atoms with E-state index in [1.54, 1.807) is 0 Å². The Morgan fingerprint density at radius 3 is 2.06 bits per heavy atom. The second kappa shape index (κ2) is 14.8. The normalized spacial score (nSPS) is 13.3. The molecule has 1 atom stereocenters. The number of aliphatic hydroxyl groups is 1. The number of aliphatic hydroxyl groups excluding tert-OH is 1. The smallest absolute Gasteiger partial charge is 0.0574 e. The van der Waals surface area contributed by atoms with Crippen LogP contribution in [0.1, 0.15) is 90.9 Å². The SMILES string of the molecule is CCCCCCCCCC=CCC(O)CCCC. The molecule has 0 aromatic rings. The molecule has 18 heavy (non-hydrogen) atoms. The van der Waals surface area contributed by atoms with Crippen molar-refractivity contribution >= 4 is 0 Å². The number of unbranched alkanes of at least 4 members (excludes halogenated alkanes) is 8. The summed E-state index contributed by atoms with van der Waals surface area (Å²) in [6.07, 6.45) is 19.2. The predicted molar refractivity (Wildman–Crippen MR) is 81.9 cm³/mol. The average molecular weight is 254 g/mol. The van der Waals surface area contributed by atoms with Gasteiger partial charge in [-0.05, 0) is 25.7 Å². The molecule has 0 saturated heterocycles. The highest BCUT2D eigenvalue weighted by Gasteiger charge is 1.99. The predicted octanol–water partition coefficient (Wildman–Crippen LogP) is 5.62. The summed E-state index contributed by atoms with van der Waals surface area (Å²) in [7, 11) is 0. The van der Waals surface area contributed by atoms with Crippen LogP contribution in [0.4, 0.5) is 0 Å². The lowest BCUT2D eigenvalue weighted by Crippen LogP contribution is -2.03. The topological polar surface area (TPSA) is 20.2 Å². The standard InChI is InChI=1S/C17H34O/c1-3-5-7-8-9-10-11-12-13-14-16-17(18)15-6-4-2/h13-14,17-18H,3-12,15-16H2,1-2H3. The highest BCUT2D eigenvalue weighted by atomic mass is 16.3. The second-order valence-electron chi connectivity index (χ2n) is 5.41. The molecule has 0 amide bonds. The molecule has 1 heteroatoms. The zero-order valence-electron chi connectivity index (χ0n) is 12.7. The number of hydrogen-bond acceptors (Lipinski definition) is 1. The molecule has 0 aliphatic heterocycles. The van der Waals surface area contributed by atoms with Crippen LogP contribution in [-0.2, 0) is 0 Å². The quantitative estimate of drug-likeness (QED) is 0.334. The largest absolute Gasteiger partial charge is 0.393 e. The van der Waals surface area contributed by atoms with E-state index in [4.69, 9.17) is 0 Å². The molecule has 0 bridgehead atoms. The Morgan fingerprint density at radius 2 is 1.39 bits per heavy atom. The van der Waals surface area contributed by atoms with E-state index in [0.717, 1.165) is 19.3 Å². The fourth-order valence-electron chi connectivity index (χ4n) is 2.15. The van der Waals surface area contributed by atoms with Crippen molar-refractivity contribution in [3.05, 3.63) is 12.2 Å². The molecular formula is C17H34O. The van der Waals surface area contributed by atoms with E-state index in [1.165, 1.54) is 57.8 Å². The van der Waals surface area contributed by atoms with Gasteiger partial charge in [0.05, 0.1) is 6.10 Å². The van der Waals surface area contributed by atoms with Crippen LogP contribution in [0.5, 0.6) is 0 Å². The molecule has 0 aromatic heterocycles. The fourth-order valence-corrected chi connectivity index (χ4v) is 2.15. The van der Waals surface area contributed by atoms with Crippen LogP contribution in [0.15, 0.2) is 12.2 Å². The average Bonchev–Trinajstić information content (AvgIpc) is 2.38. The molecule has 0 aliphatic rings. The number of allylic oxidation sites excluding steroid dienone is 1. The van der Waals surface area contributed by atoms with Gasteiger partial charge >= 0.3 is 0 Å². The van der Waals surface area contributed by atoms with Crippen LogP contribution < -0.4 is 0 Å². The summed E-state index contributed by atoms with van der Waals surface area (Å²) >= 11 is 0. The minimum Gasteiger partial charge on any atom is -0.393 e. The van der Waals surface area contributed by atoms with Gasteiger partial charge in [0.25, 0.3) is 0 Å². The van der Waals surface area contributed by atoms with Crippen LogP contribution in [0, 0.1) is 0 Å². The maximum absolute atomic E-state index is 9.65. The van der Waals surface area contributed by atoms with Crippen molar-refractivity contribution in [2.24, 2.45) is 0 Å². The molecule has 0 heterocycles. The second-order valence-corrected chi connectivity index (χ2v) is 5.41. The number of hydrogen-bond donors (Lipinski definition) is 1. The van der Waals surface area contributed by atoms with E-state index in [0.29, 0.717) is 0 Å². The van der Waals surface area contributed by atoms with Crippen molar-refractivity contribution in [2.75, 3.05) is 0 Å². The third kappa shape index (κ3) is 13.8. The van der Waals surface area contributed by atoms with E-state index in [2.05, 4.69) is 26.0 Å². The molecular weight excluding hydrogens is 220 g/mol. The van der Waals surface area contributed by atoms with Crippen molar-refractivity contribution < 1.29 is 5.11 Å². The van der Waals surface area contributed by atoms with Crippen molar-refractivity contribution in [3.63, 3.8) is 0 Å². The van der Waals surface area contributed by atoms with Crippen LogP contribution in [0.25, 0.3) is 0 Å². The Labute approximate surface area is 115 Å². The third-order valence-electron chi connectivity index (χ3n) is 3.44. The minimum absolute atomic E-state index is 0.116. The maximum Gasteiger partial charge on any atom is 0.0574 e. The Morgan fingerprint density at radius 1 is 0.778 bits per heavy atom. The van der Waals surface area contributed by atoms with Crippen molar-refractivity contribution in [2.45, 2.75) is 97.0 Å². The van der Waals surface area contributed by atoms with Crippen LogP contribution >= 0.6 is 0 Å². The van der Waals surface area contributed by atoms with Crippen LogP contribution in [0.2, 0.25) is 0 Å². The van der Waals surface area contributed by atoms with Gasteiger partial charge in [0.1, 0.15) is 0 Å². The lowest BCUT2D eigenvalue weighted by Gasteiger charge is -2.05. The van der Waals surface area contributed by atoms with Crippen LogP contribution in [0.3, 0.4) is 0 Å². The highest BCUT2D eigenvalue weighted by Crippen LogP contribution is 2.09. The molecule has 0 rings (SSSR count). The first-order chi connectivity index (χ1) is 8.81. The van der Waals surface area contributed by atoms with E-state index in [9.17, 15) is 5.11 Å². The first-order valence-electron chi connectivity index (χ1n) is 8.14. The zero-order chi connectivity index (χ0) is 13.5. The van der Waals surface area contributed by atoms with Gasteiger partial charge in [0.15, 0.2) is 0 Å². The van der Waals surface area contributed by atoms with E-state index in [1.807, 2.05) is 0 Å². The summed E-state index contributed by atoms with van der Waals surface area (Å²) < 4.78 is 0. The van der Waals surface area contributed by atoms with E-state index >= 15 is 0 Å².